The maximum atomic E-state index is 11.7. The summed E-state index contributed by atoms with van der Waals surface area (Å²) in [5, 5.41) is 4.87. The number of hydrogen-bond donors (Lipinski definition) is 1. The minimum absolute atomic E-state index is 0.000463. The Bertz CT molecular complexity index is 279. The summed E-state index contributed by atoms with van der Waals surface area (Å²) in [6.45, 7) is 2.67. The Kier molecular flexibility index (Phi) is 5.36. The van der Waals surface area contributed by atoms with Gasteiger partial charge in [0.15, 0.2) is 0 Å². The number of nitrogens with one attached hydrogen (secondary N) is 1. The van der Waals surface area contributed by atoms with Crippen molar-refractivity contribution in [1.29, 1.82) is 0 Å². The normalized spacial score (nSPS) is 12.4. The number of amides is 1. The molecule has 1 heterocycles. The molecule has 0 fully saturated rings. The van der Waals surface area contributed by atoms with Gasteiger partial charge >= 0.3 is 0 Å². The summed E-state index contributed by atoms with van der Waals surface area (Å²) in [6, 6.07) is 3.83. The van der Waals surface area contributed by atoms with E-state index in [1.54, 1.807) is 7.11 Å². The fraction of sp³-hybridized carbons (Fsp3) is 0.545. The fourth-order valence-electron chi connectivity index (χ4n) is 1.41. The zero-order chi connectivity index (χ0) is 11.1. The van der Waals surface area contributed by atoms with Crippen molar-refractivity contribution in [3.8, 4) is 0 Å². The molecule has 0 radical (unpaired) electrons. The van der Waals surface area contributed by atoms with Crippen LogP contribution in [0.4, 0.5) is 0 Å². The highest BCUT2D eigenvalue weighted by Crippen LogP contribution is 2.09. The monoisotopic (exact) mass is 227 g/mol. The zero-order valence-corrected chi connectivity index (χ0v) is 9.97. The van der Waals surface area contributed by atoms with Crippen LogP contribution in [-0.4, -0.2) is 25.7 Å². The van der Waals surface area contributed by atoms with Crippen LogP contribution in [0, 0.1) is 0 Å². The second kappa shape index (κ2) is 6.58. The molecule has 0 saturated heterocycles. The van der Waals surface area contributed by atoms with Crippen LogP contribution in [0.1, 0.15) is 29.4 Å². The number of methoxy groups -OCH3 is 1. The van der Waals surface area contributed by atoms with Gasteiger partial charge in [0.1, 0.15) is 0 Å². The molecule has 0 spiro atoms. The molecule has 1 atom stereocenters. The molecule has 1 rings (SSSR count). The molecule has 15 heavy (non-hydrogen) atoms. The summed E-state index contributed by atoms with van der Waals surface area (Å²) in [5.74, 6) is 0.000463. The number of carbonyl (C=O) groups is 1. The lowest BCUT2D eigenvalue weighted by atomic mass is 10.2. The van der Waals surface area contributed by atoms with E-state index in [4.69, 9.17) is 4.74 Å². The summed E-state index contributed by atoms with van der Waals surface area (Å²) in [4.78, 5) is 12.5. The van der Waals surface area contributed by atoms with Crippen LogP contribution >= 0.6 is 11.3 Å². The number of rotatable bonds is 6. The Balaban J connectivity index is 2.47. The molecule has 0 aliphatic heterocycles. The Morgan fingerprint density at radius 1 is 1.67 bits per heavy atom. The zero-order valence-electron chi connectivity index (χ0n) is 9.16. The van der Waals surface area contributed by atoms with E-state index in [1.807, 2.05) is 17.5 Å². The summed E-state index contributed by atoms with van der Waals surface area (Å²) >= 11 is 1.46. The third-order valence-corrected chi connectivity index (χ3v) is 2.95. The number of hydrogen-bond acceptors (Lipinski definition) is 3. The van der Waals surface area contributed by atoms with Crippen molar-refractivity contribution >= 4 is 17.2 Å². The fourth-order valence-corrected chi connectivity index (χ4v) is 2.04. The molecule has 0 saturated carbocycles. The number of carbonyl (C=O) groups excluding carboxylic acids is 1. The van der Waals surface area contributed by atoms with Crippen LogP contribution in [0.3, 0.4) is 0 Å². The SMILES string of the molecule is CCCC(COC)NC(=O)c1cccs1. The first-order valence-corrected chi connectivity index (χ1v) is 5.99. The topological polar surface area (TPSA) is 38.3 Å². The molecule has 1 amide bonds. The van der Waals surface area contributed by atoms with Gasteiger partial charge in [-0.05, 0) is 17.9 Å². The molecule has 3 nitrogen and oxygen atoms in total. The van der Waals surface area contributed by atoms with Gasteiger partial charge in [-0.2, -0.15) is 0 Å². The van der Waals surface area contributed by atoms with Gasteiger partial charge in [0.25, 0.3) is 5.91 Å². The molecule has 1 N–H and O–H groups in total. The van der Waals surface area contributed by atoms with Gasteiger partial charge in [-0.25, -0.2) is 0 Å². The van der Waals surface area contributed by atoms with E-state index in [2.05, 4.69) is 12.2 Å². The first-order valence-electron chi connectivity index (χ1n) is 5.11. The summed E-state index contributed by atoms with van der Waals surface area (Å²) < 4.78 is 5.06. The minimum Gasteiger partial charge on any atom is -0.383 e. The molecule has 0 aliphatic rings. The first kappa shape index (κ1) is 12.2. The smallest absolute Gasteiger partial charge is 0.261 e. The Morgan fingerprint density at radius 3 is 3.00 bits per heavy atom. The van der Waals surface area contributed by atoms with Gasteiger partial charge in [0.05, 0.1) is 17.5 Å². The van der Waals surface area contributed by atoms with E-state index in [-0.39, 0.29) is 11.9 Å². The molecule has 84 valence electrons. The van der Waals surface area contributed by atoms with Crippen LogP contribution in [0.15, 0.2) is 17.5 Å². The molecule has 1 aromatic heterocycles. The van der Waals surface area contributed by atoms with Crippen LogP contribution in [0.5, 0.6) is 0 Å². The summed E-state index contributed by atoms with van der Waals surface area (Å²) in [7, 11) is 1.65. The molecule has 0 aliphatic carbocycles. The molecule has 1 unspecified atom stereocenters. The van der Waals surface area contributed by atoms with E-state index >= 15 is 0 Å². The molecule has 4 heteroatoms. The van der Waals surface area contributed by atoms with Crippen LogP contribution in [0.25, 0.3) is 0 Å². The van der Waals surface area contributed by atoms with E-state index in [1.165, 1.54) is 11.3 Å². The predicted molar refractivity (Wildman–Crippen MR) is 62.4 cm³/mol. The molecular weight excluding hydrogens is 210 g/mol. The quantitative estimate of drug-likeness (QED) is 0.809. The second-order valence-corrected chi connectivity index (χ2v) is 4.34. The average molecular weight is 227 g/mol. The maximum Gasteiger partial charge on any atom is 0.261 e. The highest BCUT2D eigenvalue weighted by Gasteiger charge is 2.13. The highest BCUT2D eigenvalue weighted by atomic mass is 32.1. The van der Waals surface area contributed by atoms with Gasteiger partial charge in [-0.3, -0.25) is 4.79 Å². The predicted octanol–water partition coefficient (Wildman–Crippen LogP) is 2.29. The maximum absolute atomic E-state index is 11.7. The largest absolute Gasteiger partial charge is 0.383 e. The van der Waals surface area contributed by atoms with Gasteiger partial charge in [-0.15, -0.1) is 11.3 Å². The number of ether oxygens (including phenoxy) is 1. The van der Waals surface area contributed by atoms with Gasteiger partial charge in [-0.1, -0.05) is 19.4 Å². The van der Waals surface area contributed by atoms with Crippen molar-refractivity contribution in [2.24, 2.45) is 0 Å². The first-order chi connectivity index (χ1) is 7.27. The lowest BCUT2D eigenvalue weighted by Gasteiger charge is -2.16. The molecule has 1 aromatic rings. The van der Waals surface area contributed by atoms with Crippen molar-refractivity contribution in [2.75, 3.05) is 13.7 Å². The second-order valence-electron chi connectivity index (χ2n) is 3.39. The lowest BCUT2D eigenvalue weighted by molar-refractivity contribution is 0.0895. The summed E-state index contributed by atoms with van der Waals surface area (Å²) in [5.41, 5.74) is 0. The molecule has 0 aromatic carbocycles. The van der Waals surface area contributed by atoms with Gasteiger partial charge < -0.3 is 10.1 Å². The van der Waals surface area contributed by atoms with Crippen LogP contribution in [0.2, 0.25) is 0 Å². The lowest BCUT2D eigenvalue weighted by Crippen LogP contribution is -2.37. The van der Waals surface area contributed by atoms with Crippen molar-refractivity contribution in [3.63, 3.8) is 0 Å². The van der Waals surface area contributed by atoms with E-state index in [9.17, 15) is 4.79 Å². The van der Waals surface area contributed by atoms with Crippen molar-refractivity contribution in [1.82, 2.24) is 5.32 Å². The number of thiophene rings is 1. The van der Waals surface area contributed by atoms with E-state index < -0.39 is 0 Å². The Labute approximate surface area is 94.5 Å². The van der Waals surface area contributed by atoms with Crippen molar-refractivity contribution in [3.05, 3.63) is 22.4 Å². The van der Waals surface area contributed by atoms with Crippen LogP contribution in [-0.2, 0) is 4.74 Å². The molecular formula is C11H17NO2S. The molecule has 0 bridgehead atoms. The highest BCUT2D eigenvalue weighted by molar-refractivity contribution is 7.12. The van der Waals surface area contributed by atoms with Crippen molar-refractivity contribution in [2.45, 2.75) is 25.8 Å². The third-order valence-electron chi connectivity index (χ3n) is 2.09. The van der Waals surface area contributed by atoms with E-state index in [0.29, 0.717) is 6.61 Å². The Morgan fingerprint density at radius 2 is 2.47 bits per heavy atom. The van der Waals surface area contributed by atoms with Crippen LogP contribution < -0.4 is 5.32 Å². The summed E-state index contributed by atoms with van der Waals surface area (Å²) in [6.07, 6.45) is 1.99. The minimum atomic E-state index is 0.000463. The van der Waals surface area contributed by atoms with Gasteiger partial charge in [0, 0.05) is 7.11 Å². The average Bonchev–Trinajstić information content (AvgIpc) is 2.71. The Hall–Kier alpha value is -0.870. The van der Waals surface area contributed by atoms with Gasteiger partial charge in [0.2, 0.25) is 0 Å². The van der Waals surface area contributed by atoms with E-state index in [0.717, 1.165) is 17.7 Å². The van der Waals surface area contributed by atoms with Crippen molar-refractivity contribution < 1.29 is 9.53 Å². The standard InChI is InChI=1S/C11H17NO2S/c1-3-5-9(8-14-2)12-11(13)10-6-4-7-15-10/h4,6-7,9H,3,5,8H2,1-2H3,(H,12,13). The third kappa shape index (κ3) is 4.01.